The van der Waals surface area contributed by atoms with Crippen molar-refractivity contribution in [2.24, 2.45) is 11.8 Å². The zero-order valence-corrected chi connectivity index (χ0v) is 25.4. The van der Waals surface area contributed by atoms with Crippen LogP contribution in [0, 0.1) is 11.8 Å². The Morgan fingerprint density at radius 2 is 1.95 bits per heavy atom. The molecule has 0 unspecified atom stereocenters. The maximum atomic E-state index is 14.3. The smallest absolute Gasteiger partial charge is 0.313 e. The van der Waals surface area contributed by atoms with E-state index in [0.717, 1.165) is 0 Å². The summed E-state index contributed by atoms with van der Waals surface area (Å²) in [6.45, 7) is 13.1. The van der Waals surface area contributed by atoms with Crippen LogP contribution in [0.4, 0.5) is 0 Å². The molecule has 0 aliphatic carbocycles. The molecule has 10 heteroatoms. The Bertz CT molecular complexity index is 1200. The number of nitrogens with one attached hydrogen (secondary N) is 1. The van der Waals surface area contributed by atoms with Gasteiger partial charge in [-0.25, -0.2) is 0 Å². The predicted octanol–water partition coefficient (Wildman–Crippen LogP) is 2.92. The van der Waals surface area contributed by atoms with Crippen molar-refractivity contribution in [2.45, 2.75) is 88.8 Å². The maximum absolute atomic E-state index is 14.3. The number of amides is 3. The van der Waals surface area contributed by atoms with Crippen LogP contribution < -0.4 is 5.32 Å². The third-order valence-electron chi connectivity index (χ3n) is 9.04. The van der Waals surface area contributed by atoms with Gasteiger partial charge in [0.05, 0.1) is 37.1 Å². The van der Waals surface area contributed by atoms with Crippen molar-refractivity contribution in [3.63, 3.8) is 0 Å². The van der Waals surface area contributed by atoms with Crippen LogP contribution in [0.25, 0.3) is 0 Å². The minimum Gasteiger partial charge on any atom is -0.455 e. The number of rotatable bonds is 15. The van der Waals surface area contributed by atoms with Crippen LogP contribution >= 0.6 is 0 Å². The van der Waals surface area contributed by atoms with E-state index in [1.54, 1.807) is 17.1 Å². The van der Waals surface area contributed by atoms with E-state index in [2.05, 4.69) is 18.5 Å². The molecule has 1 spiro atoms. The number of carbonyl (C=O) groups is 4. The molecule has 3 saturated heterocycles. The molecule has 3 aliphatic rings. The number of hydrogen-bond donors (Lipinski definition) is 2. The average Bonchev–Trinajstić information content (AvgIpc) is 3.65. The summed E-state index contributed by atoms with van der Waals surface area (Å²) < 4.78 is 12.6. The molecule has 7 atom stereocenters. The largest absolute Gasteiger partial charge is 0.455 e. The highest BCUT2D eigenvalue weighted by Gasteiger charge is 2.75. The Labute approximate surface area is 254 Å². The molecule has 10 nitrogen and oxygen atoms in total. The number of aliphatic hydroxyl groups excluding tert-OH is 1. The summed E-state index contributed by atoms with van der Waals surface area (Å²) in [4.78, 5) is 57.9. The highest BCUT2D eigenvalue weighted by molar-refractivity contribution is 5.98. The first kappa shape index (κ1) is 32.4. The summed E-state index contributed by atoms with van der Waals surface area (Å²) in [7, 11) is 0. The van der Waals surface area contributed by atoms with Gasteiger partial charge in [-0.15, -0.1) is 13.2 Å². The van der Waals surface area contributed by atoms with E-state index in [0.29, 0.717) is 31.2 Å². The summed E-state index contributed by atoms with van der Waals surface area (Å²) in [5.41, 5.74) is -0.505. The summed E-state index contributed by atoms with van der Waals surface area (Å²) in [6.07, 6.45) is 4.09. The fraction of sp³-hybridized carbons (Fsp3) is 0.576. The van der Waals surface area contributed by atoms with Gasteiger partial charge in [-0.05, 0) is 45.1 Å². The lowest BCUT2D eigenvalue weighted by Crippen LogP contribution is -2.59. The highest BCUT2D eigenvalue weighted by Crippen LogP contribution is 2.59. The lowest BCUT2D eigenvalue weighted by Gasteiger charge is -2.40. The number of aliphatic hydroxyl groups is 1. The SMILES string of the molecule is C=CCCC(=O)NC[C@@H](OC(=O)[C@@H]1[C@H]2C(=O)N([C@@H](CC)CO)[C@H](C(=O)N(CC=C)C(C)C)[C@]23CC[C@H]1O3)c1ccccc1. The van der Waals surface area contributed by atoms with Gasteiger partial charge in [0.2, 0.25) is 17.7 Å². The van der Waals surface area contributed by atoms with Crippen LogP contribution in [0.1, 0.15) is 64.5 Å². The molecule has 234 valence electrons. The van der Waals surface area contributed by atoms with E-state index in [4.69, 9.17) is 9.47 Å². The first-order chi connectivity index (χ1) is 20.6. The fourth-order valence-electron chi connectivity index (χ4n) is 6.94. The van der Waals surface area contributed by atoms with Crippen molar-refractivity contribution >= 4 is 23.7 Å². The van der Waals surface area contributed by atoms with Crippen LogP contribution in [-0.4, -0.2) is 88.1 Å². The molecule has 1 aromatic carbocycles. The van der Waals surface area contributed by atoms with Crippen molar-refractivity contribution in [1.82, 2.24) is 15.1 Å². The second-order valence-corrected chi connectivity index (χ2v) is 11.9. The molecule has 0 radical (unpaired) electrons. The second-order valence-electron chi connectivity index (χ2n) is 11.9. The van der Waals surface area contributed by atoms with Gasteiger partial charge in [-0.1, -0.05) is 49.4 Å². The van der Waals surface area contributed by atoms with Gasteiger partial charge in [0.25, 0.3) is 0 Å². The third-order valence-corrected chi connectivity index (χ3v) is 9.04. The zero-order chi connectivity index (χ0) is 31.3. The first-order valence-electron chi connectivity index (χ1n) is 15.3. The molecule has 3 fully saturated rings. The van der Waals surface area contributed by atoms with E-state index in [9.17, 15) is 24.3 Å². The summed E-state index contributed by atoms with van der Waals surface area (Å²) in [6, 6.07) is 7.36. The zero-order valence-electron chi connectivity index (χ0n) is 25.4. The van der Waals surface area contributed by atoms with Crippen molar-refractivity contribution < 1.29 is 33.8 Å². The van der Waals surface area contributed by atoms with Crippen molar-refractivity contribution in [3.05, 3.63) is 61.2 Å². The topological polar surface area (TPSA) is 125 Å². The fourth-order valence-corrected chi connectivity index (χ4v) is 6.94. The van der Waals surface area contributed by atoms with E-state index in [1.807, 2.05) is 51.1 Å². The monoisotopic (exact) mass is 595 g/mol. The number of nitrogens with zero attached hydrogens (tertiary/aromatic N) is 2. The summed E-state index contributed by atoms with van der Waals surface area (Å²) in [5.74, 6) is -3.30. The standard InChI is InChI=1S/C33H45N3O7/c1-6-9-15-26(38)34-19-25(22-13-11-10-12-14-22)42-32(41)27-24-16-17-33(43-24)28(27)30(39)36(23(8-3)20-37)29(33)31(40)35(18-7-2)21(4)5/h6-7,10-14,21,23-25,27-29,37H,1-2,8-9,15-20H2,3-5H3,(H,34,38)/t23-,24+,25+,27-,28-,29+,33-/m0/s1. The molecule has 3 aliphatic heterocycles. The number of likely N-dealkylation sites (tertiary alicyclic amines) is 1. The van der Waals surface area contributed by atoms with E-state index >= 15 is 0 Å². The van der Waals surface area contributed by atoms with Crippen LogP contribution in [0.15, 0.2) is 55.6 Å². The second kappa shape index (κ2) is 13.9. The number of benzene rings is 1. The minimum absolute atomic E-state index is 0.0638. The normalized spacial score (nSPS) is 27.0. The number of allylic oxidation sites excluding steroid dienone is 1. The first-order valence-corrected chi connectivity index (χ1v) is 15.3. The van der Waals surface area contributed by atoms with E-state index < -0.39 is 47.7 Å². The molecule has 3 amide bonds. The van der Waals surface area contributed by atoms with Crippen LogP contribution in [-0.2, 0) is 28.7 Å². The lowest BCUT2D eigenvalue weighted by molar-refractivity contribution is -0.161. The minimum atomic E-state index is -1.21. The van der Waals surface area contributed by atoms with Crippen molar-refractivity contribution in [2.75, 3.05) is 19.7 Å². The number of esters is 1. The van der Waals surface area contributed by atoms with Gasteiger partial charge in [0.15, 0.2) is 0 Å². The molecule has 3 heterocycles. The summed E-state index contributed by atoms with van der Waals surface area (Å²) in [5, 5.41) is 13.1. The molecule has 1 aromatic rings. The van der Waals surface area contributed by atoms with Crippen LogP contribution in [0.3, 0.4) is 0 Å². The highest BCUT2D eigenvalue weighted by atomic mass is 16.6. The molecular formula is C33H45N3O7. The van der Waals surface area contributed by atoms with Crippen molar-refractivity contribution in [3.8, 4) is 0 Å². The molecular weight excluding hydrogens is 550 g/mol. The number of carbonyl (C=O) groups excluding carboxylic acids is 4. The van der Waals surface area contributed by atoms with Crippen LogP contribution in [0.2, 0.25) is 0 Å². The van der Waals surface area contributed by atoms with Gasteiger partial charge in [0.1, 0.15) is 17.7 Å². The van der Waals surface area contributed by atoms with Crippen LogP contribution in [0.5, 0.6) is 0 Å². The molecule has 43 heavy (non-hydrogen) atoms. The number of fused-ring (bicyclic) bond motifs is 1. The Morgan fingerprint density at radius 3 is 2.56 bits per heavy atom. The number of ether oxygens (including phenoxy) is 2. The molecule has 2 N–H and O–H groups in total. The summed E-state index contributed by atoms with van der Waals surface area (Å²) >= 11 is 0. The molecule has 0 aromatic heterocycles. The lowest BCUT2D eigenvalue weighted by atomic mass is 9.70. The molecule has 0 saturated carbocycles. The van der Waals surface area contributed by atoms with Gasteiger partial charge < -0.3 is 29.7 Å². The Morgan fingerprint density at radius 1 is 1.23 bits per heavy atom. The third kappa shape index (κ3) is 6.13. The molecule has 2 bridgehead atoms. The predicted molar refractivity (Wildman–Crippen MR) is 160 cm³/mol. The van der Waals surface area contributed by atoms with Gasteiger partial charge in [-0.3, -0.25) is 19.2 Å². The average molecular weight is 596 g/mol. The van der Waals surface area contributed by atoms with E-state index in [-0.39, 0.29) is 49.9 Å². The molecule has 4 rings (SSSR count). The van der Waals surface area contributed by atoms with Gasteiger partial charge in [0, 0.05) is 19.0 Å². The Hall–Kier alpha value is -3.50. The van der Waals surface area contributed by atoms with E-state index in [1.165, 1.54) is 4.90 Å². The Kier molecular flexibility index (Phi) is 10.4. The maximum Gasteiger partial charge on any atom is 0.313 e. The Balaban J connectivity index is 1.66. The van der Waals surface area contributed by atoms with Crippen molar-refractivity contribution in [1.29, 1.82) is 0 Å². The quantitative estimate of drug-likeness (QED) is 0.236. The number of hydrogen-bond acceptors (Lipinski definition) is 7. The van der Waals surface area contributed by atoms with Gasteiger partial charge in [-0.2, -0.15) is 0 Å². The van der Waals surface area contributed by atoms with Gasteiger partial charge >= 0.3 is 5.97 Å².